The Bertz CT molecular complexity index is 1320. The van der Waals surface area contributed by atoms with Crippen molar-refractivity contribution in [3.63, 3.8) is 0 Å². The third kappa shape index (κ3) is 4.37. The van der Waals surface area contributed by atoms with Crippen LogP contribution in [0.1, 0.15) is 27.3 Å². The largest absolute Gasteiger partial charge is 0.336 e. The molecule has 0 N–H and O–H groups in total. The first-order valence-electron chi connectivity index (χ1n) is 11.8. The van der Waals surface area contributed by atoms with E-state index < -0.39 is 0 Å². The highest BCUT2D eigenvalue weighted by molar-refractivity contribution is 5.95. The second-order valence-electron chi connectivity index (χ2n) is 8.72. The predicted octanol–water partition coefficient (Wildman–Crippen LogP) is 4.48. The van der Waals surface area contributed by atoms with Crippen molar-refractivity contribution >= 4 is 17.6 Å². The molecule has 0 radical (unpaired) electrons. The molecule has 1 aliphatic rings. The Kier molecular flexibility index (Phi) is 6.23. The standard InChI is InChI=1S/C28H29N5O/c1-21-26(24-13-7-4-8-14-24)27-29-20-25(22(2)33(27)30-21)28(34)32-18-16-31(17-19-32)15-9-12-23-10-5-3-6-11-23/h3-14,20H,15-19H2,1-2H3. The molecule has 6 nitrogen and oxygen atoms in total. The molecule has 2 aromatic carbocycles. The number of benzene rings is 2. The number of amides is 1. The summed E-state index contributed by atoms with van der Waals surface area (Å²) in [6.07, 6.45) is 6.06. The molecule has 0 bridgehead atoms. The molecular formula is C28H29N5O. The molecule has 34 heavy (non-hydrogen) atoms. The summed E-state index contributed by atoms with van der Waals surface area (Å²) < 4.78 is 1.82. The van der Waals surface area contributed by atoms with Crippen molar-refractivity contribution in [2.24, 2.45) is 0 Å². The highest BCUT2D eigenvalue weighted by Crippen LogP contribution is 2.28. The molecule has 1 aliphatic heterocycles. The van der Waals surface area contributed by atoms with E-state index in [2.05, 4.69) is 46.3 Å². The maximum atomic E-state index is 13.3. The van der Waals surface area contributed by atoms with Crippen LogP contribution in [0.25, 0.3) is 22.9 Å². The Morgan fingerprint density at radius 3 is 2.32 bits per heavy atom. The summed E-state index contributed by atoms with van der Waals surface area (Å²) in [7, 11) is 0. The summed E-state index contributed by atoms with van der Waals surface area (Å²) in [6.45, 7) is 7.97. The van der Waals surface area contributed by atoms with Gasteiger partial charge in [0, 0.05) is 44.5 Å². The van der Waals surface area contributed by atoms with Crippen LogP contribution >= 0.6 is 0 Å². The Morgan fingerprint density at radius 1 is 0.941 bits per heavy atom. The summed E-state index contributed by atoms with van der Waals surface area (Å²) in [6, 6.07) is 20.5. The van der Waals surface area contributed by atoms with Gasteiger partial charge in [-0.25, -0.2) is 9.50 Å². The van der Waals surface area contributed by atoms with E-state index in [0.29, 0.717) is 18.7 Å². The number of hydrogen-bond acceptors (Lipinski definition) is 4. The van der Waals surface area contributed by atoms with Crippen molar-refractivity contribution in [2.75, 3.05) is 32.7 Å². The van der Waals surface area contributed by atoms with Crippen LogP contribution in [0, 0.1) is 13.8 Å². The Morgan fingerprint density at radius 2 is 1.62 bits per heavy atom. The van der Waals surface area contributed by atoms with Gasteiger partial charge in [0.25, 0.3) is 5.91 Å². The molecule has 172 valence electrons. The molecule has 2 aromatic heterocycles. The summed E-state index contributed by atoms with van der Waals surface area (Å²) in [5.41, 5.74) is 6.44. The van der Waals surface area contributed by atoms with Crippen LogP contribution in [-0.2, 0) is 0 Å². The van der Waals surface area contributed by atoms with Crippen LogP contribution in [0.5, 0.6) is 0 Å². The second-order valence-corrected chi connectivity index (χ2v) is 8.72. The van der Waals surface area contributed by atoms with Gasteiger partial charge in [0.05, 0.1) is 17.0 Å². The van der Waals surface area contributed by atoms with E-state index in [-0.39, 0.29) is 5.91 Å². The number of aryl methyl sites for hydroxylation is 2. The zero-order valence-corrected chi connectivity index (χ0v) is 19.7. The van der Waals surface area contributed by atoms with Gasteiger partial charge in [0.1, 0.15) is 0 Å². The topological polar surface area (TPSA) is 53.7 Å². The molecule has 0 atom stereocenters. The molecular weight excluding hydrogens is 422 g/mol. The third-order valence-corrected chi connectivity index (χ3v) is 6.49. The highest BCUT2D eigenvalue weighted by Gasteiger charge is 2.25. The van der Waals surface area contributed by atoms with Crippen molar-refractivity contribution < 1.29 is 4.79 Å². The SMILES string of the molecule is Cc1nn2c(C)c(C(=O)N3CCN(CC=Cc4ccccc4)CC3)cnc2c1-c1ccccc1. The lowest BCUT2D eigenvalue weighted by atomic mass is 10.1. The molecule has 3 heterocycles. The number of nitrogens with zero attached hydrogens (tertiary/aromatic N) is 5. The van der Waals surface area contributed by atoms with E-state index in [4.69, 9.17) is 5.10 Å². The van der Waals surface area contributed by atoms with Crippen molar-refractivity contribution in [1.29, 1.82) is 0 Å². The lowest BCUT2D eigenvalue weighted by molar-refractivity contribution is 0.0648. The van der Waals surface area contributed by atoms with Gasteiger partial charge in [-0.05, 0) is 25.0 Å². The zero-order valence-electron chi connectivity index (χ0n) is 19.7. The molecule has 5 rings (SSSR count). The van der Waals surface area contributed by atoms with Gasteiger partial charge in [0.15, 0.2) is 5.65 Å². The molecule has 6 heteroatoms. The fourth-order valence-corrected chi connectivity index (χ4v) is 4.56. The van der Waals surface area contributed by atoms with E-state index in [9.17, 15) is 4.79 Å². The Balaban J connectivity index is 1.28. The van der Waals surface area contributed by atoms with E-state index in [1.165, 1.54) is 5.56 Å². The molecule has 0 spiro atoms. The quantitative estimate of drug-likeness (QED) is 0.449. The van der Waals surface area contributed by atoms with Gasteiger partial charge in [-0.2, -0.15) is 5.10 Å². The smallest absolute Gasteiger partial charge is 0.257 e. The average Bonchev–Trinajstić information content (AvgIpc) is 3.22. The van der Waals surface area contributed by atoms with Crippen LogP contribution in [0.3, 0.4) is 0 Å². The summed E-state index contributed by atoms with van der Waals surface area (Å²) in [4.78, 5) is 22.3. The van der Waals surface area contributed by atoms with Crippen LogP contribution in [-0.4, -0.2) is 63.0 Å². The number of hydrogen-bond donors (Lipinski definition) is 0. The van der Waals surface area contributed by atoms with Crippen molar-refractivity contribution in [3.8, 4) is 11.1 Å². The number of fused-ring (bicyclic) bond motifs is 1. The molecule has 0 unspecified atom stereocenters. The van der Waals surface area contributed by atoms with Crippen LogP contribution in [0.4, 0.5) is 0 Å². The van der Waals surface area contributed by atoms with E-state index in [1.54, 1.807) is 6.20 Å². The summed E-state index contributed by atoms with van der Waals surface area (Å²) in [5, 5.41) is 4.72. The van der Waals surface area contributed by atoms with Crippen LogP contribution in [0.2, 0.25) is 0 Å². The lowest BCUT2D eigenvalue weighted by Gasteiger charge is -2.34. The molecule has 1 saturated heterocycles. The molecule has 4 aromatic rings. The maximum absolute atomic E-state index is 13.3. The van der Waals surface area contributed by atoms with Gasteiger partial charge >= 0.3 is 0 Å². The Hall–Kier alpha value is -3.77. The first kappa shape index (κ1) is 22.0. The molecule has 0 aliphatic carbocycles. The zero-order chi connectivity index (χ0) is 23.5. The van der Waals surface area contributed by atoms with Gasteiger partial charge in [0.2, 0.25) is 0 Å². The minimum atomic E-state index is 0.0285. The first-order chi connectivity index (χ1) is 16.6. The number of carbonyl (C=O) groups excluding carboxylic acids is 1. The number of rotatable bonds is 5. The van der Waals surface area contributed by atoms with Gasteiger partial charge < -0.3 is 4.90 Å². The number of carbonyl (C=O) groups is 1. The number of piperazine rings is 1. The predicted molar refractivity (Wildman–Crippen MR) is 136 cm³/mol. The normalized spacial score (nSPS) is 14.8. The highest BCUT2D eigenvalue weighted by atomic mass is 16.2. The first-order valence-corrected chi connectivity index (χ1v) is 11.8. The van der Waals surface area contributed by atoms with Gasteiger partial charge in [-0.3, -0.25) is 9.69 Å². The minimum Gasteiger partial charge on any atom is -0.336 e. The summed E-state index contributed by atoms with van der Waals surface area (Å²) in [5.74, 6) is 0.0285. The van der Waals surface area contributed by atoms with Crippen LogP contribution in [0.15, 0.2) is 72.9 Å². The molecule has 1 fully saturated rings. The monoisotopic (exact) mass is 451 g/mol. The van der Waals surface area contributed by atoms with Crippen molar-refractivity contribution in [3.05, 3.63) is 95.5 Å². The molecule has 0 saturated carbocycles. The van der Waals surface area contributed by atoms with E-state index in [0.717, 1.165) is 47.8 Å². The average molecular weight is 452 g/mol. The maximum Gasteiger partial charge on any atom is 0.257 e. The minimum absolute atomic E-state index is 0.0285. The van der Waals surface area contributed by atoms with Crippen molar-refractivity contribution in [2.45, 2.75) is 13.8 Å². The van der Waals surface area contributed by atoms with E-state index in [1.807, 2.05) is 59.7 Å². The van der Waals surface area contributed by atoms with E-state index >= 15 is 0 Å². The van der Waals surface area contributed by atoms with Crippen LogP contribution < -0.4 is 0 Å². The second kappa shape index (κ2) is 9.61. The fraction of sp³-hybridized carbons (Fsp3) is 0.250. The van der Waals surface area contributed by atoms with Gasteiger partial charge in [-0.15, -0.1) is 0 Å². The summed E-state index contributed by atoms with van der Waals surface area (Å²) >= 11 is 0. The number of aromatic nitrogens is 3. The van der Waals surface area contributed by atoms with Gasteiger partial charge in [-0.1, -0.05) is 72.8 Å². The Labute approximate surface area is 200 Å². The lowest BCUT2D eigenvalue weighted by Crippen LogP contribution is -2.48. The van der Waals surface area contributed by atoms with Crippen molar-refractivity contribution in [1.82, 2.24) is 24.4 Å². The third-order valence-electron chi connectivity index (χ3n) is 6.49. The molecule has 1 amide bonds. The fourth-order valence-electron chi connectivity index (χ4n) is 4.56.